The lowest BCUT2D eigenvalue weighted by atomic mass is 10.0. The van der Waals surface area contributed by atoms with Gasteiger partial charge in [0.2, 0.25) is 0 Å². The summed E-state index contributed by atoms with van der Waals surface area (Å²) in [6, 6.07) is 11.7. The van der Waals surface area contributed by atoms with Crippen molar-refractivity contribution in [2.75, 3.05) is 0 Å². The van der Waals surface area contributed by atoms with Crippen LogP contribution in [0.1, 0.15) is 10.4 Å². The van der Waals surface area contributed by atoms with E-state index < -0.39 is 5.76 Å². The first kappa shape index (κ1) is 14.0. The molecule has 2 rings (SSSR count). The average Bonchev–Trinajstić information content (AvgIpc) is 2.39. The van der Waals surface area contributed by atoms with Gasteiger partial charge in [-0.2, -0.15) is 8.78 Å². The molecule has 0 aliphatic heterocycles. The van der Waals surface area contributed by atoms with Crippen LogP contribution in [0.15, 0.2) is 47.4 Å². The summed E-state index contributed by atoms with van der Waals surface area (Å²) in [7, 11) is 0. The standard InChI is InChI=1S/C14H9ClF2OS/c15-13-7-9(8-18)1-6-12(13)10-2-4-11(5-3-10)19-14(16)17/h1-8,14H. The van der Waals surface area contributed by atoms with Crippen LogP contribution in [0.3, 0.4) is 0 Å². The molecule has 0 aromatic heterocycles. The van der Waals surface area contributed by atoms with E-state index in [0.717, 1.165) is 17.4 Å². The number of carbonyl (C=O) groups excluding carboxylic acids is 1. The van der Waals surface area contributed by atoms with Gasteiger partial charge in [0.1, 0.15) is 6.29 Å². The second kappa shape index (κ2) is 6.17. The Balaban J connectivity index is 2.29. The topological polar surface area (TPSA) is 17.1 Å². The molecule has 2 aromatic rings. The summed E-state index contributed by atoms with van der Waals surface area (Å²) in [6.07, 6.45) is 0.720. The Labute approximate surface area is 118 Å². The number of carbonyl (C=O) groups is 1. The lowest BCUT2D eigenvalue weighted by Gasteiger charge is -2.06. The van der Waals surface area contributed by atoms with Crippen LogP contribution in [0.2, 0.25) is 5.02 Å². The Morgan fingerprint density at radius 1 is 1.11 bits per heavy atom. The van der Waals surface area contributed by atoms with Gasteiger partial charge in [-0.15, -0.1) is 0 Å². The normalized spacial score (nSPS) is 10.7. The molecule has 0 saturated carbocycles. The molecule has 0 fully saturated rings. The molecule has 0 spiro atoms. The monoisotopic (exact) mass is 298 g/mol. The summed E-state index contributed by atoms with van der Waals surface area (Å²) in [5, 5.41) is 0.457. The maximum absolute atomic E-state index is 12.2. The molecule has 0 amide bonds. The predicted octanol–water partition coefficient (Wildman–Crippen LogP) is 5.13. The maximum Gasteiger partial charge on any atom is 0.288 e. The molecule has 0 aliphatic carbocycles. The number of rotatable bonds is 4. The number of hydrogen-bond donors (Lipinski definition) is 0. The second-order valence-corrected chi connectivity index (χ2v) is 5.23. The van der Waals surface area contributed by atoms with E-state index in [2.05, 4.69) is 0 Å². The van der Waals surface area contributed by atoms with E-state index in [-0.39, 0.29) is 0 Å². The number of halogens is 3. The lowest BCUT2D eigenvalue weighted by molar-refractivity contribution is 0.112. The number of thioether (sulfide) groups is 1. The molecule has 0 atom stereocenters. The van der Waals surface area contributed by atoms with E-state index in [1.807, 2.05) is 0 Å². The Morgan fingerprint density at radius 2 is 1.79 bits per heavy atom. The van der Waals surface area contributed by atoms with Gasteiger partial charge in [-0.3, -0.25) is 4.79 Å². The van der Waals surface area contributed by atoms with Crippen molar-refractivity contribution in [1.29, 1.82) is 0 Å². The molecule has 1 nitrogen and oxygen atoms in total. The van der Waals surface area contributed by atoms with Crippen molar-refractivity contribution in [2.24, 2.45) is 0 Å². The first-order valence-corrected chi connectivity index (χ1v) is 6.66. The zero-order valence-corrected chi connectivity index (χ0v) is 11.2. The van der Waals surface area contributed by atoms with Gasteiger partial charge < -0.3 is 0 Å². The molecule has 0 radical (unpaired) electrons. The van der Waals surface area contributed by atoms with Crippen molar-refractivity contribution >= 4 is 29.6 Å². The predicted molar refractivity (Wildman–Crippen MR) is 74.1 cm³/mol. The maximum atomic E-state index is 12.2. The number of hydrogen-bond acceptors (Lipinski definition) is 2. The third kappa shape index (κ3) is 3.55. The van der Waals surface area contributed by atoms with Crippen LogP contribution in [-0.2, 0) is 0 Å². The highest BCUT2D eigenvalue weighted by atomic mass is 35.5. The Kier molecular flexibility index (Phi) is 4.56. The summed E-state index contributed by atoms with van der Waals surface area (Å²) in [5.74, 6) is -2.43. The van der Waals surface area contributed by atoms with Gasteiger partial charge in [0.15, 0.2) is 0 Å². The fourth-order valence-corrected chi connectivity index (χ4v) is 2.45. The number of benzene rings is 2. The third-order valence-corrected chi connectivity index (χ3v) is 3.55. The van der Waals surface area contributed by atoms with Gasteiger partial charge in [0.25, 0.3) is 5.76 Å². The van der Waals surface area contributed by atoms with Crippen molar-refractivity contribution < 1.29 is 13.6 Å². The van der Waals surface area contributed by atoms with Crippen LogP contribution in [-0.4, -0.2) is 12.0 Å². The quantitative estimate of drug-likeness (QED) is 0.574. The zero-order valence-electron chi connectivity index (χ0n) is 9.65. The Hall–Kier alpha value is -1.39. The fourth-order valence-electron chi connectivity index (χ4n) is 1.65. The highest BCUT2D eigenvalue weighted by Gasteiger charge is 2.07. The lowest BCUT2D eigenvalue weighted by Crippen LogP contribution is -1.85. The van der Waals surface area contributed by atoms with E-state index in [1.165, 1.54) is 0 Å². The van der Waals surface area contributed by atoms with E-state index in [4.69, 9.17) is 11.6 Å². The van der Waals surface area contributed by atoms with Crippen molar-refractivity contribution in [3.8, 4) is 11.1 Å². The van der Waals surface area contributed by atoms with Crippen LogP contribution in [0.5, 0.6) is 0 Å². The Morgan fingerprint density at radius 3 is 2.32 bits per heavy atom. The summed E-state index contributed by atoms with van der Waals surface area (Å²) in [4.78, 5) is 11.1. The van der Waals surface area contributed by atoms with Crippen molar-refractivity contribution in [3.05, 3.63) is 53.1 Å². The van der Waals surface area contributed by atoms with Crippen molar-refractivity contribution in [1.82, 2.24) is 0 Å². The molecule has 2 aromatic carbocycles. The molecular formula is C14H9ClF2OS. The van der Waals surface area contributed by atoms with Crippen molar-refractivity contribution in [3.63, 3.8) is 0 Å². The van der Waals surface area contributed by atoms with Gasteiger partial charge in [-0.1, -0.05) is 47.6 Å². The smallest absolute Gasteiger partial charge is 0.288 e. The average molecular weight is 299 g/mol. The molecule has 0 N–H and O–H groups in total. The summed E-state index contributed by atoms with van der Waals surface area (Å²) < 4.78 is 24.4. The van der Waals surface area contributed by atoms with Gasteiger partial charge in [-0.05, 0) is 23.8 Å². The van der Waals surface area contributed by atoms with E-state index in [9.17, 15) is 13.6 Å². The van der Waals surface area contributed by atoms with Crippen LogP contribution >= 0.6 is 23.4 Å². The highest BCUT2D eigenvalue weighted by Crippen LogP contribution is 2.31. The minimum Gasteiger partial charge on any atom is -0.298 e. The molecule has 0 heterocycles. The van der Waals surface area contributed by atoms with Gasteiger partial charge in [0, 0.05) is 21.0 Å². The van der Waals surface area contributed by atoms with Crippen LogP contribution in [0, 0.1) is 0 Å². The highest BCUT2D eigenvalue weighted by molar-refractivity contribution is 7.99. The zero-order chi connectivity index (χ0) is 13.8. The number of alkyl halides is 2. The van der Waals surface area contributed by atoms with Crippen LogP contribution in [0.4, 0.5) is 8.78 Å². The Bertz CT molecular complexity index is 584. The molecule has 5 heteroatoms. The van der Waals surface area contributed by atoms with Crippen LogP contribution < -0.4 is 0 Å². The molecule has 0 aliphatic rings. The second-order valence-electron chi connectivity index (χ2n) is 3.76. The number of aldehydes is 1. The minimum atomic E-state index is -2.43. The molecule has 19 heavy (non-hydrogen) atoms. The molecule has 98 valence electrons. The third-order valence-electron chi connectivity index (χ3n) is 2.52. The first-order valence-electron chi connectivity index (χ1n) is 5.40. The first-order chi connectivity index (χ1) is 9.10. The van der Waals surface area contributed by atoms with Crippen LogP contribution in [0.25, 0.3) is 11.1 Å². The van der Waals surface area contributed by atoms with E-state index >= 15 is 0 Å². The van der Waals surface area contributed by atoms with Gasteiger partial charge >= 0.3 is 0 Å². The largest absolute Gasteiger partial charge is 0.298 e. The van der Waals surface area contributed by atoms with E-state index in [0.29, 0.717) is 27.2 Å². The molecule has 0 unspecified atom stereocenters. The summed E-state index contributed by atoms with van der Waals surface area (Å²) >= 11 is 6.58. The summed E-state index contributed by atoms with van der Waals surface area (Å²) in [5.41, 5.74) is 2.08. The molecule has 0 bridgehead atoms. The molecule has 0 saturated heterocycles. The SMILES string of the molecule is O=Cc1ccc(-c2ccc(SC(F)F)cc2)c(Cl)c1. The molecular weight excluding hydrogens is 290 g/mol. The van der Waals surface area contributed by atoms with Gasteiger partial charge in [-0.25, -0.2) is 0 Å². The van der Waals surface area contributed by atoms with E-state index in [1.54, 1.807) is 42.5 Å². The van der Waals surface area contributed by atoms with Gasteiger partial charge in [0.05, 0.1) is 0 Å². The fraction of sp³-hybridized carbons (Fsp3) is 0.0714. The van der Waals surface area contributed by atoms with Crippen molar-refractivity contribution in [2.45, 2.75) is 10.7 Å². The summed E-state index contributed by atoms with van der Waals surface area (Å²) in [6.45, 7) is 0. The minimum absolute atomic E-state index is 0.457.